The molecule has 1 atom stereocenters. The predicted molar refractivity (Wildman–Crippen MR) is 56.3 cm³/mol. The van der Waals surface area contributed by atoms with E-state index in [0.29, 0.717) is 6.61 Å². The standard InChI is InChI=1S/C11H15NO3/c12-10(6-11(13)14)8-15-7-9-4-2-1-3-5-9/h1-5,10H,6-8,12H2,(H,13,14)/t10-/m0/s1. The maximum absolute atomic E-state index is 10.3. The maximum Gasteiger partial charge on any atom is 0.305 e. The summed E-state index contributed by atoms with van der Waals surface area (Å²) in [5.74, 6) is -0.897. The second-order valence-corrected chi connectivity index (χ2v) is 3.36. The number of nitrogens with two attached hydrogens (primary N) is 1. The zero-order valence-corrected chi connectivity index (χ0v) is 8.43. The van der Waals surface area contributed by atoms with Crippen LogP contribution in [0.2, 0.25) is 0 Å². The Morgan fingerprint density at radius 2 is 2.07 bits per heavy atom. The average Bonchev–Trinajstić information content (AvgIpc) is 2.18. The van der Waals surface area contributed by atoms with E-state index in [0.717, 1.165) is 5.56 Å². The lowest BCUT2D eigenvalue weighted by atomic mass is 10.2. The molecule has 0 radical (unpaired) electrons. The number of aliphatic carboxylic acids is 1. The minimum absolute atomic E-state index is 0.0607. The monoisotopic (exact) mass is 209 g/mol. The Kier molecular flexibility index (Phi) is 4.80. The van der Waals surface area contributed by atoms with E-state index in [1.54, 1.807) is 0 Å². The lowest BCUT2D eigenvalue weighted by molar-refractivity contribution is -0.137. The molecule has 0 aliphatic carbocycles. The van der Waals surface area contributed by atoms with E-state index in [1.807, 2.05) is 30.3 Å². The highest BCUT2D eigenvalue weighted by atomic mass is 16.5. The first-order valence-electron chi connectivity index (χ1n) is 4.77. The second-order valence-electron chi connectivity index (χ2n) is 3.36. The van der Waals surface area contributed by atoms with Crippen molar-refractivity contribution < 1.29 is 14.6 Å². The molecule has 4 heteroatoms. The van der Waals surface area contributed by atoms with Crippen molar-refractivity contribution in [1.29, 1.82) is 0 Å². The number of rotatable bonds is 6. The van der Waals surface area contributed by atoms with Gasteiger partial charge in [-0.3, -0.25) is 4.79 Å². The number of benzene rings is 1. The smallest absolute Gasteiger partial charge is 0.305 e. The SMILES string of the molecule is N[C@H](COCc1ccccc1)CC(=O)O. The highest BCUT2D eigenvalue weighted by Gasteiger charge is 2.07. The van der Waals surface area contributed by atoms with E-state index in [4.69, 9.17) is 15.6 Å². The Bertz CT molecular complexity index is 300. The quantitative estimate of drug-likeness (QED) is 0.733. The fourth-order valence-corrected chi connectivity index (χ4v) is 1.19. The molecule has 3 N–H and O–H groups in total. The van der Waals surface area contributed by atoms with Crippen LogP contribution in [-0.4, -0.2) is 23.7 Å². The zero-order valence-electron chi connectivity index (χ0n) is 8.43. The van der Waals surface area contributed by atoms with E-state index < -0.39 is 12.0 Å². The maximum atomic E-state index is 10.3. The molecule has 0 aliphatic heterocycles. The van der Waals surface area contributed by atoms with Crippen LogP contribution in [0.5, 0.6) is 0 Å². The molecule has 0 unspecified atom stereocenters. The van der Waals surface area contributed by atoms with E-state index in [9.17, 15) is 4.79 Å². The molecule has 1 rings (SSSR count). The number of carboxylic acid groups (broad SMARTS) is 1. The summed E-state index contributed by atoms with van der Waals surface area (Å²) in [6, 6.07) is 9.24. The van der Waals surface area contributed by atoms with Crippen LogP contribution in [0.3, 0.4) is 0 Å². The van der Waals surface area contributed by atoms with Crippen LogP contribution in [0.15, 0.2) is 30.3 Å². The average molecular weight is 209 g/mol. The van der Waals surface area contributed by atoms with Gasteiger partial charge in [0.1, 0.15) is 0 Å². The van der Waals surface area contributed by atoms with Gasteiger partial charge in [0.15, 0.2) is 0 Å². The van der Waals surface area contributed by atoms with Crippen LogP contribution in [0.1, 0.15) is 12.0 Å². The van der Waals surface area contributed by atoms with Crippen LogP contribution < -0.4 is 5.73 Å². The highest BCUT2D eigenvalue weighted by molar-refractivity contribution is 5.67. The van der Waals surface area contributed by atoms with Crippen LogP contribution >= 0.6 is 0 Å². The van der Waals surface area contributed by atoms with Crippen LogP contribution in [0.25, 0.3) is 0 Å². The summed E-state index contributed by atoms with van der Waals surface area (Å²) in [4.78, 5) is 10.3. The van der Waals surface area contributed by atoms with Gasteiger partial charge >= 0.3 is 5.97 Å². The largest absolute Gasteiger partial charge is 0.481 e. The van der Waals surface area contributed by atoms with Gasteiger partial charge in [-0.1, -0.05) is 30.3 Å². The third-order valence-corrected chi connectivity index (χ3v) is 1.88. The molecule has 0 aromatic heterocycles. The van der Waals surface area contributed by atoms with Gasteiger partial charge in [0, 0.05) is 6.04 Å². The molecular formula is C11H15NO3. The minimum atomic E-state index is -0.897. The highest BCUT2D eigenvalue weighted by Crippen LogP contribution is 2.01. The van der Waals surface area contributed by atoms with E-state index in [2.05, 4.69) is 0 Å². The molecule has 0 fully saturated rings. The third-order valence-electron chi connectivity index (χ3n) is 1.88. The Morgan fingerprint density at radius 1 is 1.40 bits per heavy atom. The van der Waals surface area contributed by atoms with Crippen molar-refractivity contribution in [2.45, 2.75) is 19.1 Å². The fraction of sp³-hybridized carbons (Fsp3) is 0.364. The summed E-state index contributed by atoms with van der Waals surface area (Å²) in [5.41, 5.74) is 6.59. The molecular weight excluding hydrogens is 194 g/mol. The first-order valence-corrected chi connectivity index (χ1v) is 4.77. The zero-order chi connectivity index (χ0) is 11.1. The topological polar surface area (TPSA) is 72.5 Å². The molecule has 0 saturated heterocycles. The van der Waals surface area contributed by atoms with E-state index >= 15 is 0 Å². The molecule has 1 aromatic rings. The summed E-state index contributed by atoms with van der Waals surface area (Å²) < 4.78 is 5.29. The predicted octanol–water partition coefficient (Wildman–Crippen LogP) is 1.01. The molecule has 82 valence electrons. The molecule has 0 spiro atoms. The van der Waals surface area contributed by atoms with Gasteiger partial charge in [-0.25, -0.2) is 0 Å². The van der Waals surface area contributed by atoms with Crippen molar-refractivity contribution in [3.05, 3.63) is 35.9 Å². The first kappa shape index (κ1) is 11.7. The van der Waals surface area contributed by atoms with Crippen molar-refractivity contribution in [3.8, 4) is 0 Å². The molecule has 0 bridgehead atoms. The van der Waals surface area contributed by atoms with E-state index in [-0.39, 0.29) is 13.0 Å². The van der Waals surface area contributed by atoms with E-state index in [1.165, 1.54) is 0 Å². The molecule has 0 aliphatic rings. The second kappa shape index (κ2) is 6.16. The number of carbonyl (C=O) groups is 1. The molecule has 15 heavy (non-hydrogen) atoms. The lowest BCUT2D eigenvalue weighted by Gasteiger charge is -2.09. The summed E-state index contributed by atoms with van der Waals surface area (Å²) in [6.07, 6.45) is -0.0607. The Hall–Kier alpha value is -1.39. The number of hydrogen-bond donors (Lipinski definition) is 2. The van der Waals surface area contributed by atoms with Crippen LogP contribution in [-0.2, 0) is 16.1 Å². The van der Waals surface area contributed by atoms with Crippen molar-refractivity contribution in [2.24, 2.45) is 5.73 Å². The van der Waals surface area contributed by atoms with Gasteiger partial charge in [-0.15, -0.1) is 0 Å². The van der Waals surface area contributed by atoms with Crippen molar-refractivity contribution >= 4 is 5.97 Å². The van der Waals surface area contributed by atoms with Gasteiger partial charge in [0.05, 0.1) is 19.6 Å². The van der Waals surface area contributed by atoms with Gasteiger partial charge in [0.2, 0.25) is 0 Å². The van der Waals surface area contributed by atoms with Gasteiger partial charge in [-0.2, -0.15) is 0 Å². The summed E-state index contributed by atoms with van der Waals surface area (Å²) in [6.45, 7) is 0.732. The lowest BCUT2D eigenvalue weighted by Crippen LogP contribution is -2.28. The normalized spacial score (nSPS) is 12.3. The summed E-state index contributed by atoms with van der Waals surface area (Å²) in [5, 5.41) is 8.46. The van der Waals surface area contributed by atoms with Crippen LogP contribution in [0.4, 0.5) is 0 Å². The number of hydrogen-bond acceptors (Lipinski definition) is 3. The summed E-state index contributed by atoms with van der Waals surface area (Å²) in [7, 11) is 0. The summed E-state index contributed by atoms with van der Waals surface area (Å²) >= 11 is 0. The molecule has 4 nitrogen and oxygen atoms in total. The van der Waals surface area contributed by atoms with Gasteiger partial charge in [0.25, 0.3) is 0 Å². The van der Waals surface area contributed by atoms with Crippen molar-refractivity contribution in [2.75, 3.05) is 6.61 Å². The van der Waals surface area contributed by atoms with Crippen LogP contribution in [0, 0.1) is 0 Å². The minimum Gasteiger partial charge on any atom is -0.481 e. The van der Waals surface area contributed by atoms with Gasteiger partial charge in [-0.05, 0) is 5.56 Å². The number of carboxylic acids is 1. The number of ether oxygens (including phenoxy) is 1. The fourth-order valence-electron chi connectivity index (χ4n) is 1.19. The molecule has 0 amide bonds. The third kappa shape index (κ3) is 5.15. The molecule has 0 heterocycles. The van der Waals surface area contributed by atoms with Crippen molar-refractivity contribution in [1.82, 2.24) is 0 Å². The Labute approximate surface area is 88.7 Å². The molecule has 1 aromatic carbocycles. The Morgan fingerprint density at radius 3 is 2.67 bits per heavy atom. The molecule has 0 saturated carbocycles. The first-order chi connectivity index (χ1) is 7.18. The van der Waals surface area contributed by atoms with Gasteiger partial charge < -0.3 is 15.6 Å². The van der Waals surface area contributed by atoms with Crippen molar-refractivity contribution in [3.63, 3.8) is 0 Å². The Balaban J connectivity index is 2.19.